The van der Waals surface area contributed by atoms with E-state index in [1.807, 2.05) is 24.4 Å². The van der Waals surface area contributed by atoms with E-state index >= 15 is 0 Å². The average molecular weight is 431 g/mol. The standard InChI is InChI=1S/C16H18N2O4S4/c1-2-17(11-5-7-26(21,22)10-11)14(19)9-18-15(20)13(25-16(18)23)8-12-4-3-6-24-12/h3-4,6,8,11H,2,5,7,9-10H2,1H3/b13-8+/t11-/m1/s1. The quantitative estimate of drug-likeness (QED) is 0.525. The van der Waals surface area contributed by atoms with Crippen LogP contribution in [0.3, 0.4) is 0 Å². The molecular weight excluding hydrogens is 412 g/mol. The van der Waals surface area contributed by atoms with Crippen LogP contribution in [0.15, 0.2) is 22.4 Å². The molecule has 2 aliphatic rings. The summed E-state index contributed by atoms with van der Waals surface area (Å²) in [6.45, 7) is 2.06. The number of thiocarbonyl (C=S) groups is 1. The minimum Gasteiger partial charge on any atom is -0.337 e. The first-order valence-corrected chi connectivity index (χ1v) is 12.0. The number of hydrogen-bond acceptors (Lipinski definition) is 7. The van der Waals surface area contributed by atoms with Gasteiger partial charge in [0.1, 0.15) is 10.9 Å². The maximum atomic E-state index is 12.7. The van der Waals surface area contributed by atoms with E-state index in [-0.39, 0.29) is 35.9 Å². The van der Waals surface area contributed by atoms with Gasteiger partial charge in [0.15, 0.2) is 9.84 Å². The van der Waals surface area contributed by atoms with Crippen molar-refractivity contribution in [1.82, 2.24) is 9.80 Å². The van der Waals surface area contributed by atoms with Crippen LogP contribution in [0.4, 0.5) is 0 Å². The van der Waals surface area contributed by atoms with E-state index in [0.717, 1.165) is 4.88 Å². The largest absolute Gasteiger partial charge is 0.337 e. The molecule has 0 unspecified atom stereocenters. The number of thioether (sulfide) groups is 1. The normalized spacial score (nSPS) is 23.8. The number of nitrogens with zero attached hydrogens (tertiary/aromatic N) is 2. The van der Waals surface area contributed by atoms with Gasteiger partial charge in [0.05, 0.1) is 16.4 Å². The van der Waals surface area contributed by atoms with Crippen molar-refractivity contribution in [1.29, 1.82) is 0 Å². The smallest absolute Gasteiger partial charge is 0.266 e. The summed E-state index contributed by atoms with van der Waals surface area (Å²) in [6, 6.07) is 3.48. The molecule has 1 aromatic heterocycles. The van der Waals surface area contributed by atoms with Crippen molar-refractivity contribution in [2.45, 2.75) is 19.4 Å². The van der Waals surface area contributed by atoms with Crippen molar-refractivity contribution in [2.75, 3.05) is 24.6 Å². The number of hydrogen-bond donors (Lipinski definition) is 0. The van der Waals surface area contributed by atoms with Crippen molar-refractivity contribution in [3.8, 4) is 0 Å². The molecule has 0 bridgehead atoms. The molecule has 2 amide bonds. The second kappa shape index (κ2) is 7.79. The number of likely N-dealkylation sites (N-methyl/N-ethyl adjacent to an activating group) is 1. The molecule has 0 radical (unpaired) electrons. The molecule has 0 aliphatic carbocycles. The van der Waals surface area contributed by atoms with E-state index in [1.165, 1.54) is 28.0 Å². The molecule has 2 saturated heterocycles. The van der Waals surface area contributed by atoms with Crippen LogP contribution in [0.2, 0.25) is 0 Å². The lowest BCUT2D eigenvalue weighted by molar-refractivity contribution is -0.136. The summed E-state index contributed by atoms with van der Waals surface area (Å²) in [6.07, 6.45) is 2.22. The molecule has 1 atom stereocenters. The number of thiophene rings is 1. The summed E-state index contributed by atoms with van der Waals surface area (Å²) in [7, 11) is -3.08. The van der Waals surface area contributed by atoms with Gasteiger partial charge in [-0.1, -0.05) is 30.0 Å². The molecule has 3 rings (SSSR count). The zero-order valence-electron chi connectivity index (χ0n) is 14.1. The van der Waals surface area contributed by atoms with Crippen LogP contribution in [0.1, 0.15) is 18.2 Å². The highest BCUT2D eigenvalue weighted by molar-refractivity contribution is 8.26. The van der Waals surface area contributed by atoms with E-state index in [9.17, 15) is 18.0 Å². The third kappa shape index (κ3) is 4.19. The molecular formula is C16H18N2O4S4. The van der Waals surface area contributed by atoms with Crippen molar-refractivity contribution in [3.63, 3.8) is 0 Å². The monoisotopic (exact) mass is 430 g/mol. The van der Waals surface area contributed by atoms with Gasteiger partial charge in [0, 0.05) is 17.5 Å². The SMILES string of the molecule is CCN(C(=O)CN1C(=O)/C(=C\c2cccs2)SC1=S)[C@@H]1CCS(=O)(=O)C1. The van der Waals surface area contributed by atoms with Crippen LogP contribution in [0.5, 0.6) is 0 Å². The second-order valence-electron chi connectivity index (χ2n) is 6.02. The van der Waals surface area contributed by atoms with Crippen LogP contribution in [0.25, 0.3) is 6.08 Å². The van der Waals surface area contributed by atoms with Crippen LogP contribution in [-0.2, 0) is 19.4 Å². The van der Waals surface area contributed by atoms with E-state index in [0.29, 0.717) is 22.2 Å². The molecule has 0 N–H and O–H groups in total. The molecule has 0 spiro atoms. The Labute approximate surface area is 166 Å². The maximum Gasteiger partial charge on any atom is 0.266 e. The Balaban J connectivity index is 1.70. The molecule has 26 heavy (non-hydrogen) atoms. The molecule has 0 saturated carbocycles. The molecule has 2 fully saturated rings. The number of sulfone groups is 1. The van der Waals surface area contributed by atoms with Gasteiger partial charge in [0.25, 0.3) is 5.91 Å². The van der Waals surface area contributed by atoms with Crippen molar-refractivity contribution in [2.24, 2.45) is 0 Å². The van der Waals surface area contributed by atoms with Crippen LogP contribution >= 0.6 is 35.3 Å². The van der Waals surface area contributed by atoms with Gasteiger partial charge in [-0.2, -0.15) is 0 Å². The first kappa shape index (κ1) is 19.5. The van der Waals surface area contributed by atoms with Crippen LogP contribution in [-0.4, -0.2) is 65.0 Å². The molecule has 1 aromatic rings. The summed E-state index contributed by atoms with van der Waals surface area (Å²) in [5, 5.41) is 1.92. The van der Waals surface area contributed by atoms with Gasteiger partial charge in [-0.3, -0.25) is 14.5 Å². The van der Waals surface area contributed by atoms with Gasteiger partial charge in [0.2, 0.25) is 5.91 Å². The Morgan fingerprint density at radius 2 is 2.27 bits per heavy atom. The Hall–Kier alpha value is -1.23. The van der Waals surface area contributed by atoms with Crippen LogP contribution < -0.4 is 0 Å². The third-order valence-electron chi connectivity index (χ3n) is 4.29. The van der Waals surface area contributed by atoms with E-state index in [4.69, 9.17) is 12.2 Å². The predicted molar refractivity (Wildman–Crippen MR) is 109 cm³/mol. The molecule has 2 aliphatic heterocycles. The van der Waals surface area contributed by atoms with Crippen LogP contribution in [0, 0.1) is 0 Å². The Kier molecular flexibility index (Phi) is 5.85. The lowest BCUT2D eigenvalue weighted by Gasteiger charge is -2.28. The Morgan fingerprint density at radius 3 is 2.85 bits per heavy atom. The molecule has 140 valence electrons. The van der Waals surface area contributed by atoms with Gasteiger partial charge in [-0.15, -0.1) is 11.3 Å². The maximum absolute atomic E-state index is 12.7. The first-order valence-electron chi connectivity index (χ1n) is 8.09. The minimum absolute atomic E-state index is 0.0107. The highest BCUT2D eigenvalue weighted by Gasteiger charge is 2.38. The summed E-state index contributed by atoms with van der Waals surface area (Å²) in [5.41, 5.74) is 0. The highest BCUT2D eigenvalue weighted by atomic mass is 32.2. The number of amides is 2. The number of carbonyl (C=O) groups excluding carboxylic acids is 2. The van der Waals surface area contributed by atoms with Gasteiger partial charge in [-0.25, -0.2) is 8.42 Å². The summed E-state index contributed by atoms with van der Waals surface area (Å²) in [4.78, 5) is 29.6. The lowest BCUT2D eigenvalue weighted by atomic mass is 10.2. The first-order chi connectivity index (χ1) is 12.3. The molecule has 6 nitrogen and oxygen atoms in total. The van der Waals surface area contributed by atoms with Gasteiger partial charge < -0.3 is 4.90 Å². The Bertz CT molecular complexity index is 861. The number of rotatable bonds is 5. The fourth-order valence-corrected chi connectivity index (χ4v) is 6.73. The average Bonchev–Trinajstić information content (AvgIpc) is 3.26. The van der Waals surface area contributed by atoms with Gasteiger partial charge in [-0.05, 0) is 30.9 Å². The zero-order valence-corrected chi connectivity index (χ0v) is 17.3. The molecule has 0 aromatic carbocycles. The van der Waals surface area contributed by atoms with Crippen molar-refractivity contribution in [3.05, 3.63) is 27.3 Å². The summed E-state index contributed by atoms with van der Waals surface area (Å²) < 4.78 is 23.7. The highest BCUT2D eigenvalue weighted by Crippen LogP contribution is 2.33. The fourth-order valence-electron chi connectivity index (χ4n) is 3.02. The summed E-state index contributed by atoms with van der Waals surface area (Å²) >= 11 is 7.97. The fraction of sp³-hybridized carbons (Fsp3) is 0.438. The van der Waals surface area contributed by atoms with Crippen molar-refractivity contribution < 1.29 is 18.0 Å². The van der Waals surface area contributed by atoms with E-state index in [2.05, 4.69) is 0 Å². The summed E-state index contributed by atoms with van der Waals surface area (Å²) in [5.74, 6) is -0.463. The third-order valence-corrected chi connectivity index (χ3v) is 8.24. The van der Waals surface area contributed by atoms with E-state index in [1.54, 1.807) is 11.0 Å². The lowest BCUT2D eigenvalue weighted by Crippen LogP contribution is -2.47. The van der Waals surface area contributed by atoms with E-state index < -0.39 is 9.84 Å². The number of carbonyl (C=O) groups is 2. The topological polar surface area (TPSA) is 74.8 Å². The van der Waals surface area contributed by atoms with Crippen molar-refractivity contribution >= 4 is 67.4 Å². The minimum atomic E-state index is -3.08. The molecule has 10 heteroatoms. The predicted octanol–water partition coefficient (Wildman–Crippen LogP) is 1.98. The second-order valence-corrected chi connectivity index (χ2v) is 10.9. The Morgan fingerprint density at radius 1 is 1.50 bits per heavy atom. The molecule has 3 heterocycles. The van der Waals surface area contributed by atoms with Gasteiger partial charge >= 0.3 is 0 Å². The zero-order chi connectivity index (χ0) is 18.9.